The highest BCUT2D eigenvalue weighted by molar-refractivity contribution is 7.90. The van der Waals surface area contributed by atoms with Gasteiger partial charge in [0.05, 0.1) is 5.69 Å². The van der Waals surface area contributed by atoms with Gasteiger partial charge in [0.1, 0.15) is 5.56 Å². The molecule has 116 valence electrons. The van der Waals surface area contributed by atoms with Crippen molar-refractivity contribution < 1.29 is 23.4 Å². The fourth-order valence-corrected chi connectivity index (χ4v) is 3.76. The Balaban J connectivity index is 2.24. The number of benzene rings is 1. The van der Waals surface area contributed by atoms with Crippen LogP contribution in [0.15, 0.2) is 18.2 Å². The molecule has 1 aromatic rings. The van der Waals surface area contributed by atoms with Crippen LogP contribution in [0.1, 0.15) is 30.1 Å². The first-order chi connectivity index (χ1) is 9.81. The molecule has 1 aliphatic rings. The predicted molar refractivity (Wildman–Crippen MR) is 77.6 cm³/mol. The third kappa shape index (κ3) is 3.45. The van der Waals surface area contributed by atoms with E-state index >= 15 is 0 Å². The van der Waals surface area contributed by atoms with Crippen molar-refractivity contribution in [2.24, 2.45) is 5.92 Å². The number of aromatic carboxylic acids is 1. The summed E-state index contributed by atoms with van der Waals surface area (Å²) in [4.78, 5) is 10.9. The molecular weight excluding hydrogens is 296 g/mol. The molecule has 0 spiro atoms. The van der Waals surface area contributed by atoms with E-state index in [0.29, 0.717) is 13.1 Å². The predicted octanol–water partition coefficient (Wildman–Crippen LogP) is 1.48. The fraction of sp³-hybridized carbons (Fsp3) is 0.462. The van der Waals surface area contributed by atoms with Gasteiger partial charge >= 0.3 is 16.2 Å². The Morgan fingerprint density at radius 1 is 1.43 bits per heavy atom. The van der Waals surface area contributed by atoms with Crippen LogP contribution < -0.4 is 4.72 Å². The Morgan fingerprint density at radius 2 is 2.14 bits per heavy atom. The number of aromatic hydroxyl groups is 1. The first-order valence-corrected chi connectivity index (χ1v) is 8.08. The maximum Gasteiger partial charge on any atom is 0.339 e. The molecule has 1 aromatic carbocycles. The van der Waals surface area contributed by atoms with Crippen molar-refractivity contribution in [1.82, 2.24) is 4.31 Å². The number of hydrogen-bond donors (Lipinski definition) is 3. The van der Waals surface area contributed by atoms with Gasteiger partial charge in [-0.3, -0.25) is 4.72 Å². The van der Waals surface area contributed by atoms with E-state index in [9.17, 15) is 18.3 Å². The van der Waals surface area contributed by atoms with Crippen LogP contribution in [-0.2, 0) is 10.2 Å². The molecule has 1 unspecified atom stereocenters. The van der Waals surface area contributed by atoms with Crippen LogP contribution in [0.2, 0.25) is 0 Å². The van der Waals surface area contributed by atoms with Crippen molar-refractivity contribution >= 4 is 21.9 Å². The molecule has 0 amide bonds. The number of piperidine rings is 1. The Labute approximate surface area is 123 Å². The molecule has 1 saturated heterocycles. The monoisotopic (exact) mass is 314 g/mol. The Hall–Kier alpha value is -1.80. The normalized spacial score (nSPS) is 20.1. The van der Waals surface area contributed by atoms with Gasteiger partial charge in [-0.1, -0.05) is 13.0 Å². The number of para-hydroxylation sites is 1. The lowest BCUT2D eigenvalue weighted by Gasteiger charge is -2.30. The first kappa shape index (κ1) is 15.6. The van der Waals surface area contributed by atoms with E-state index < -0.39 is 21.9 Å². The van der Waals surface area contributed by atoms with E-state index in [4.69, 9.17) is 5.11 Å². The summed E-state index contributed by atoms with van der Waals surface area (Å²) < 4.78 is 28.2. The van der Waals surface area contributed by atoms with Gasteiger partial charge in [0.15, 0.2) is 5.75 Å². The lowest BCUT2D eigenvalue weighted by Crippen LogP contribution is -2.42. The summed E-state index contributed by atoms with van der Waals surface area (Å²) in [6.45, 7) is 2.80. The van der Waals surface area contributed by atoms with Gasteiger partial charge in [-0.05, 0) is 30.9 Å². The number of nitrogens with one attached hydrogen (secondary N) is 1. The highest BCUT2D eigenvalue weighted by Crippen LogP contribution is 2.29. The highest BCUT2D eigenvalue weighted by Gasteiger charge is 2.28. The summed E-state index contributed by atoms with van der Waals surface area (Å²) in [6, 6.07) is 3.91. The van der Waals surface area contributed by atoms with Crippen molar-refractivity contribution in [1.29, 1.82) is 0 Å². The minimum absolute atomic E-state index is 0.131. The fourth-order valence-electron chi connectivity index (χ4n) is 2.37. The van der Waals surface area contributed by atoms with Crippen LogP contribution in [0.25, 0.3) is 0 Å². The van der Waals surface area contributed by atoms with Gasteiger partial charge in [0.2, 0.25) is 0 Å². The van der Waals surface area contributed by atoms with Crippen molar-refractivity contribution in [3.63, 3.8) is 0 Å². The zero-order chi connectivity index (χ0) is 15.6. The molecular formula is C13H18N2O5S. The van der Waals surface area contributed by atoms with Crippen LogP contribution in [0.4, 0.5) is 5.69 Å². The topological polar surface area (TPSA) is 107 Å². The number of carboxylic acids is 1. The molecule has 0 saturated carbocycles. The second-order valence-electron chi connectivity index (χ2n) is 5.22. The van der Waals surface area contributed by atoms with Crippen LogP contribution in [0, 0.1) is 5.92 Å². The number of carbonyl (C=O) groups is 1. The Morgan fingerprint density at radius 3 is 2.76 bits per heavy atom. The number of phenols is 1. The zero-order valence-corrected chi connectivity index (χ0v) is 12.4. The van der Waals surface area contributed by atoms with E-state index in [-0.39, 0.29) is 17.2 Å². The molecule has 3 N–H and O–H groups in total. The number of hydrogen-bond acceptors (Lipinski definition) is 4. The average molecular weight is 314 g/mol. The molecule has 1 aliphatic heterocycles. The van der Waals surface area contributed by atoms with E-state index in [2.05, 4.69) is 4.72 Å². The van der Waals surface area contributed by atoms with E-state index in [1.165, 1.54) is 22.5 Å². The molecule has 0 aromatic heterocycles. The Kier molecular flexibility index (Phi) is 4.38. The molecule has 1 heterocycles. The van der Waals surface area contributed by atoms with Gasteiger partial charge in [0, 0.05) is 13.1 Å². The molecule has 0 bridgehead atoms. The minimum atomic E-state index is -3.80. The summed E-state index contributed by atoms with van der Waals surface area (Å²) in [5.41, 5.74) is -0.477. The minimum Gasteiger partial charge on any atom is -0.505 e. The molecule has 21 heavy (non-hydrogen) atoms. The van der Waals surface area contributed by atoms with E-state index in [1.54, 1.807) is 0 Å². The number of rotatable bonds is 4. The van der Waals surface area contributed by atoms with Crippen LogP contribution >= 0.6 is 0 Å². The van der Waals surface area contributed by atoms with Crippen molar-refractivity contribution in [2.45, 2.75) is 19.8 Å². The smallest absolute Gasteiger partial charge is 0.339 e. The maximum atomic E-state index is 12.3. The molecule has 1 fully saturated rings. The number of nitrogens with zero attached hydrogens (tertiary/aromatic N) is 1. The second-order valence-corrected chi connectivity index (χ2v) is 6.89. The summed E-state index contributed by atoms with van der Waals surface area (Å²) in [7, 11) is -3.80. The van der Waals surface area contributed by atoms with Crippen LogP contribution in [0.5, 0.6) is 5.75 Å². The van der Waals surface area contributed by atoms with Gasteiger partial charge in [0.25, 0.3) is 0 Å². The molecule has 8 heteroatoms. The first-order valence-electron chi connectivity index (χ1n) is 6.64. The zero-order valence-electron chi connectivity index (χ0n) is 11.6. The van der Waals surface area contributed by atoms with Gasteiger partial charge < -0.3 is 10.2 Å². The third-order valence-corrected chi connectivity index (χ3v) is 4.95. The summed E-state index contributed by atoms with van der Waals surface area (Å²) in [5.74, 6) is -1.63. The number of carboxylic acid groups (broad SMARTS) is 1. The molecule has 1 atom stereocenters. The molecule has 7 nitrogen and oxygen atoms in total. The second kappa shape index (κ2) is 5.90. The summed E-state index contributed by atoms with van der Waals surface area (Å²) in [6.07, 6.45) is 1.76. The standard InChI is InChI=1S/C13H18N2O5S/c1-9-4-3-7-15(8-9)21(19,20)14-11-6-2-5-10(12(11)16)13(17)18/h2,5-6,9,14,16H,3-4,7-8H2,1H3,(H,17,18). The summed E-state index contributed by atoms with van der Waals surface area (Å²) in [5, 5.41) is 18.8. The lowest BCUT2D eigenvalue weighted by atomic mass is 10.0. The summed E-state index contributed by atoms with van der Waals surface area (Å²) >= 11 is 0. The van der Waals surface area contributed by atoms with Crippen molar-refractivity contribution in [3.05, 3.63) is 23.8 Å². The average Bonchev–Trinajstić information content (AvgIpc) is 2.40. The quantitative estimate of drug-likeness (QED) is 0.730. The van der Waals surface area contributed by atoms with Crippen molar-refractivity contribution in [3.8, 4) is 5.75 Å². The van der Waals surface area contributed by atoms with Crippen LogP contribution in [-0.4, -0.2) is 42.0 Å². The Bertz CT molecular complexity index is 644. The van der Waals surface area contributed by atoms with Crippen molar-refractivity contribution in [2.75, 3.05) is 17.8 Å². The van der Waals surface area contributed by atoms with Gasteiger partial charge in [-0.2, -0.15) is 12.7 Å². The highest BCUT2D eigenvalue weighted by atomic mass is 32.2. The lowest BCUT2D eigenvalue weighted by molar-refractivity contribution is 0.0694. The number of anilines is 1. The molecule has 0 aliphatic carbocycles. The molecule has 0 radical (unpaired) electrons. The maximum absolute atomic E-state index is 12.3. The third-order valence-electron chi connectivity index (χ3n) is 3.47. The van der Waals surface area contributed by atoms with E-state index in [1.807, 2.05) is 6.92 Å². The molecule has 2 rings (SSSR count). The van der Waals surface area contributed by atoms with Gasteiger partial charge in [-0.15, -0.1) is 0 Å². The van der Waals surface area contributed by atoms with Gasteiger partial charge in [-0.25, -0.2) is 4.79 Å². The van der Waals surface area contributed by atoms with Crippen LogP contribution in [0.3, 0.4) is 0 Å². The largest absolute Gasteiger partial charge is 0.505 e. The van der Waals surface area contributed by atoms with E-state index in [0.717, 1.165) is 12.8 Å². The SMILES string of the molecule is CC1CCCN(S(=O)(=O)Nc2cccc(C(=O)O)c2O)C1.